The number of hydrogen-bond acceptors (Lipinski definition) is 0. The molecule has 0 fully saturated rings. The molecule has 4 aliphatic rings. The van der Waals surface area contributed by atoms with Gasteiger partial charge in [0, 0.05) is 0 Å². The molecule has 0 saturated heterocycles. The normalized spacial score (nSPS) is 24.7. The lowest BCUT2D eigenvalue weighted by Gasteiger charge is -2.32. The molecular weight excluding hydrogens is 601 g/mol. The first kappa shape index (κ1) is 37.9. The van der Waals surface area contributed by atoms with Crippen LogP contribution in [0.15, 0.2) is 12.1 Å². The van der Waals surface area contributed by atoms with Crippen LogP contribution in [0.2, 0.25) is 0 Å². The predicted molar refractivity (Wildman–Crippen MR) is 221 cm³/mol. The average Bonchev–Trinajstić information content (AvgIpc) is 3.66. The zero-order chi connectivity index (χ0) is 37.1. The summed E-state index contributed by atoms with van der Waals surface area (Å²) in [5, 5.41) is 0. The maximum atomic E-state index is 2.79. The molecule has 0 spiro atoms. The van der Waals surface area contributed by atoms with E-state index in [0.29, 0.717) is 0 Å². The maximum absolute atomic E-state index is 2.79. The molecule has 0 heteroatoms. The highest BCUT2D eigenvalue weighted by molar-refractivity contribution is 5.83. The maximum Gasteiger partial charge on any atom is -0.00407 e. The second kappa shape index (κ2) is 11.8. The molecule has 4 aliphatic carbocycles. The van der Waals surface area contributed by atoms with Crippen molar-refractivity contribution in [1.82, 2.24) is 0 Å². The molecule has 0 aromatic heterocycles. The zero-order valence-electron chi connectivity index (χ0n) is 35.8. The Balaban J connectivity index is 1.77. The molecule has 50 heavy (non-hydrogen) atoms. The number of benzene rings is 2. The minimum absolute atomic E-state index is 0.147. The summed E-state index contributed by atoms with van der Waals surface area (Å²) in [5.74, 6) is 0. The van der Waals surface area contributed by atoms with Gasteiger partial charge in [-0.05, 0) is 176 Å². The first-order valence-electron chi connectivity index (χ1n) is 21.4. The molecule has 0 radical (unpaired) electrons. The first-order chi connectivity index (χ1) is 23.2. The van der Waals surface area contributed by atoms with Gasteiger partial charge in [-0.1, -0.05) is 135 Å². The fourth-order valence-electron chi connectivity index (χ4n) is 14.1. The largest absolute Gasteiger partial charge is 0.0645 e. The lowest BCUT2D eigenvalue weighted by molar-refractivity contribution is 0.321. The Morgan fingerprint density at radius 1 is 0.360 bits per heavy atom. The molecule has 0 saturated carbocycles. The zero-order valence-corrected chi connectivity index (χ0v) is 35.8. The molecule has 0 nitrogen and oxygen atoms in total. The summed E-state index contributed by atoms with van der Waals surface area (Å²) in [6, 6.07) is 5.59. The van der Waals surface area contributed by atoms with Crippen LogP contribution in [0, 0.1) is 0 Å². The van der Waals surface area contributed by atoms with Crippen molar-refractivity contribution in [3.63, 3.8) is 0 Å². The molecule has 0 unspecified atom stereocenters. The molecule has 6 rings (SSSR count). The van der Waals surface area contributed by atoms with Crippen LogP contribution in [0.25, 0.3) is 12.2 Å². The molecule has 0 aliphatic heterocycles. The van der Waals surface area contributed by atoms with Crippen LogP contribution >= 0.6 is 0 Å². The predicted octanol–water partition coefficient (Wildman–Crippen LogP) is 14.8. The van der Waals surface area contributed by atoms with Crippen molar-refractivity contribution in [3.8, 4) is 0 Å². The van der Waals surface area contributed by atoms with Crippen molar-refractivity contribution < 1.29 is 0 Å². The third-order valence-corrected chi connectivity index (χ3v) is 16.7. The van der Waals surface area contributed by atoms with Gasteiger partial charge in [0.15, 0.2) is 0 Å². The summed E-state index contributed by atoms with van der Waals surface area (Å²) in [6.07, 6.45) is 20.3. The Bertz CT molecular complexity index is 1440. The minimum Gasteiger partial charge on any atom is -0.0645 e. The molecule has 0 heterocycles. The van der Waals surface area contributed by atoms with Crippen molar-refractivity contribution in [1.29, 1.82) is 0 Å². The van der Waals surface area contributed by atoms with Crippen molar-refractivity contribution in [3.05, 3.63) is 67.8 Å². The van der Waals surface area contributed by atoms with E-state index in [2.05, 4.69) is 135 Å². The van der Waals surface area contributed by atoms with Crippen LogP contribution < -0.4 is 0 Å². The van der Waals surface area contributed by atoms with Crippen LogP contribution in [0.5, 0.6) is 0 Å². The number of hydrogen-bond donors (Lipinski definition) is 0. The molecular formula is C50H76. The second-order valence-electron chi connectivity index (χ2n) is 20.8. The highest BCUT2D eigenvalue weighted by Gasteiger charge is 2.55. The summed E-state index contributed by atoms with van der Waals surface area (Å²) < 4.78 is 0. The van der Waals surface area contributed by atoms with Gasteiger partial charge in [0.25, 0.3) is 0 Å². The van der Waals surface area contributed by atoms with Gasteiger partial charge >= 0.3 is 0 Å². The third kappa shape index (κ3) is 4.87. The number of fused-ring (bicyclic) bond motifs is 4. The average molecular weight is 677 g/mol. The molecule has 2 aromatic carbocycles. The molecule has 0 atom stereocenters. The van der Waals surface area contributed by atoms with E-state index in [1.807, 2.05) is 0 Å². The third-order valence-electron chi connectivity index (χ3n) is 16.7. The van der Waals surface area contributed by atoms with E-state index in [4.69, 9.17) is 0 Å². The molecule has 0 N–H and O–H groups in total. The second-order valence-corrected chi connectivity index (χ2v) is 20.8. The van der Waals surface area contributed by atoms with Gasteiger partial charge in [0.05, 0.1) is 0 Å². The molecule has 2 aromatic rings. The lowest BCUT2D eigenvalue weighted by atomic mass is 9.72. The fourth-order valence-corrected chi connectivity index (χ4v) is 14.1. The summed E-state index contributed by atoms with van der Waals surface area (Å²) in [7, 11) is 0. The summed E-state index contributed by atoms with van der Waals surface area (Å²) in [6.45, 7) is 40.4. The quantitative estimate of drug-likeness (QED) is 0.220. The van der Waals surface area contributed by atoms with Gasteiger partial charge < -0.3 is 0 Å². The van der Waals surface area contributed by atoms with Crippen molar-refractivity contribution >= 4 is 12.2 Å². The van der Waals surface area contributed by atoms with Gasteiger partial charge in [0.1, 0.15) is 0 Å². The lowest BCUT2D eigenvalue weighted by Crippen LogP contribution is -2.26. The van der Waals surface area contributed by atoms with Crippen LogP contribution in [0.1, 0.15) is 243 Å². The van der Waals surface area contributed by atoms with Crippen molar-refractivity contribution in [2.45, 2.75) is 231 Å². The Labute approximate surface area is 310 Å². The SMILES string of the molecule is CCC1(CC)CC(C)(C)c2c1cc1c(c2/C=C/c2c3c(cc4c2C(C)(C)CC4(CC)CC)C(CC)(CC)CC3(C)C)C(C)(C)CC1(CC)CC. The molecule has 0 amide bonds. The fraction of sp³-hybridized carbons (Fsp3) is 0.720. The molecule has 276 valence electrons. The Morgan fingerprint density at radius 3 is 0.700 bits per heavy atom. The van der Waals surface area contributed by atoms with Crippen LogP contribution in [0.3, 0.4) is 0 Å². The van der Waals surface area contributed by atoms with E-state index in [-0.39, 0.29) is 43.3 Å². The Hall–Kier alpha value is -1.82. The highest BCUT2D eigenvalue weighted by Crippen LogP contribution is 2.64. The van der Waals surface area contributed by atoms with Crippen LogP contribution in [0.4, 0.5) is 0 Å². The van der Waals surface area contributed by atoms with Crippen LogP contribution in [-0.4, -0.2) is 0 Å². The van der Waals surface area contributed by atoms with E-state index in [1.165, 1.54) is 77.0 Å². The van der Waals surface area contributed by atoms with E-state index in [0.717, 1.165) is 0 Å². The van der Waals surface area contributed by atoms with Gasteiger partial charge in [-0.2, -0.15) is 0 Å². The minimum atomic E-state index is 0.147. The van der Waals surface area contributed by atoms with Gasteiger partial charge in [-0.3, -0.25) is 0 Å². The summed E-state index contributed by atoms with van der Waals surface area (Å²) in [5.41, 5.74) is 18.4. The first-order valence-corrected chi connectivity index (χ1v) is 21.4. The van der Waals surface area contributed by atoms with E-state index in [1.54, 1.807) is 55.6 Å². The topological polar surface area (TPSA) is 0 Å². The monoisotopic (exact) mass is 677 g/mol. The summed E-state index contributed by atoms with van der Waals surface area (Å²) >= 11 is 0. The van der Waals surface area contributed by atoms with Crippen molar-refractivity contribution in [2.75, 3.05) is 0 Å². The van der Waals surface area contributed by atoms with E-state index < -0.39 is 0 Å². The van der Waals surface area contributed by atoms with Gasteiger partial charge in [0.2, 0.25) is 0 Å². The standard InChI is InChI=1S/C50H76/c1-17-47(18-2)29-43(9,10)39-33(40-36(27-35(39)47)48(19-3,20-4)30-44(40,11)12)25-26-34-41-37(49(21-5,22-6)31-45(41,13)14)28-38-42(34)46(15,16)32-50(38,23-7)24-8/h25-28H,17-24,29-32H2,1-16H3/b26-25+. The van der Waals surface area contributed by atoms with Crippen LogP contribution in [-0.2, 0) is 43.3 Å². The number of rotatable bonds is 10. The Morgan fingerprint density at radius 2 is 0.540 bits per heavy atom. The van der Waals surface area contributed by atoms with E-state index in [9.17, 15) is 0 Å². The van der Waals surface area contributed by atoms with Gasteiger partial charge in [-0.15, -0.1) is 0 Å². The summed E-state index contributed by atoms with van der Waals surface area (Å²) in [4.78, 5) is 0. The Kier molecular flexibility index (Phi) is 8.98. The smallest absolute Gasteiger partial charge is 0.00407 e. The van der Waals surface area contributed by atoms with Gasteiger partial charge in [-0.25, -0.2) is 0 Å². The highest BCUT2D eigenvalue weighted by atomic mass is 14.6. The van der Waals surface area contributed by atoms with E-state index >= 15 is 0 Å². The molecule has 0 bridgehead atoms. The van der Waals surface area contributed by atoms with Crippen molar-refractivity contribution in [2.24, 2.45) is 0 Å².